The maximum atomic E-state index is 11.9. The van der Waals surface area contributed by atoms with E-state index >= 15 is 0 Å². The van der Waals surface area contributed by atoms with Gasteiger partial charge in [-0.05, 0) is 37.7 Å². The third-order valence-corrected chi connectivity index (χ3v) is 3.94. The van der Waals surface area contributed by atoms with Crippen molar-refractivity contribution in [2.24, 2.45) is 11.7 Å². The van der Waals surface area contributed by atoms with Crippen LogP contribution in [-0.4, -0.2) is 53.5 Å². The third kappa shape index (κ3) is 4.49. The molecule has 0 radical (unpaired) electrons. The van der Waals surface area contributed by atoms with Crippen LogP contribution >= 0.6 is 0 Å². The van der Waals surface area contributed by atoms with Gasteiger partial charge in [-0.25, -0.2) is 9.97 Å². The molecule has 1 saturated heterocycles. The van der Waals surface area contributed by atoms with E-state index in [9.17, 15) is 9.59 Å². The van der Waals surface area contributed by atoms with Crippen molar-refractivity contribution in [1.82, 2.24) is 14.9 Å². The van der Waals surface area contributed by atoms with Crippen LogP contribution in [0.1, 0.15) is 35.4 Å². The Labute approximate surface area is 129 Å². The lowest BCUT2D eigenvalue weighted by Gasteiger charge is -2.20. The number of hydrogen-bond acceptors (Lipinski definition) is 5. The molecular formula is C15H22N4O3. The summed E-state index contributed by atoms with van der Waals surface area (Å²) in [7, 11) is 1.53. The summed E-state index contributed by atoms with van der Waals surface area (Å²) in [6.45, 7) is 1.65. The van der Waals surface area contributed by atoms with Crippen LogP contribution in [0.4, 0.5) is 0 Å². The first-order valence-corrected chi connectivity index (χ1v) is 7.47. The second kappa shape index (κ2) is 7.84. The molecule has 7 nitrogen and oxygen atoms in total. The highest BCUT2D eigenvalue weighted by Crippen LogP contribution is 2.21. The van der Waals surface area contributed by atoms with Crippen molar-refractivity contribution in [2.45, 2.75) is 25.7 Å². The number of methoxy groups -OCH3 is 1. The molecule has 1 unspecified atom stereocenters. The fraction of sp³-hybridized carbons (Fsp3) is 0.600. The number of nitrogens with two attached hydrogens (primary N) is 1. The number of primary amides is 1. The first-order valence-electron chi connectivity index (χ1n) is 7.47. The molecule has 2 rings (SSSR count). The highest BCUT2D eigenvalue weighted by Gasteiger charge is 2.21. The molecule has 22 heavy (non-hydrogen) atoms. The zero-order chi connectivity index (χ0) is 15.9. The third-order valence-electron chi connectivity index (χ3n) is 3.94. The molecule has 2 N–H and O–H groups in total. The lowest BCUT2D eigenvalue weighted by Crippen LogP contribution is -2.34. The van der Waals surface area contributed by atoms with Crippen LogP contribution in [-0.2, 0) is 16.0 Å². The molecule has 1 aromatic heterocycles. The van der Waals surface area contributed by atoms with Crippen molar-refractivity contribution in [1.29, 1.82) is 0 Å². The Bertz CT molecular complexity index is 535. The standard InChI is InChI=1S/C15H22N4O3/c1-22-9-14(20)19-5-2-3-11(4-6-19)7-12-8-13(15(16)21)18-10-17-12/h8,10-11H,2-7,9H2,1H3,(H2,16,21). The van der Waals surface area contributed by atoms with Gasteiger partial charge in [0.2, 0.25) is 5.91 Å². The average molecular weight is 306 g/mol. The normalized spacial score (nSPS) is 18.8. The zero-order valence-electron chi connectivity index (χ0n) is 12.8. The van der Waals surface area contributed by atoms with Gasteiger partial charge in [0.1, 0.15) is 18.6 Å². The highest BCUT2D eigenvalue weighted by molar-refractivity contribution is 5.90. The predicted octanol–water partition coefficient (Wildman–Crippen LogP) is 0.393. The topological polar surface area (TPSA) is 98.4 Å². The molecule has 1 atom stereocenters. The van der Waals surface area contributed by atoms with Crippen LogP contribution in [0.2, 0.25) is 0 Å². The van der Waals surface area contributed by atoms with Crippen LogP contribution in [0.25, 0.3) is 0 Å². The molecule has 2 heterocycles. The monoisotopic (exact) mass is 306 g/mol. The van der Waals surface area contributed by atoms with Crippen LogP contribution in [0, 0.1) is 5.92 Å². The SMILES string of the molecule is COCC(=O)N1CCCC(Cc2cc(C(N)=O)ncn2)CC1. The number of ether oxygens (including phenoxy) is 1. The Balaban J connectivity index is 1.93. The number of aromatic nitrogens is 2. The Morgan fingerprint density at radius 2 is 2.18 bits per heavy atom. The van der Waals surface area contributed by atoms with E-state index in [4.69, 9.17) is 10.5 Å². The molecule has 0 saturated carbocycles. The maximum Gasteiger partial charge on any atom is 0.267 e. The molecule has 0 bridgehead atoms. The fourth-order valence-electron chi connectivity index (χ4n) is 2.77. The van der Waals surface area contributed by atoms with Crippen molar-refractivity contribution in [2.75, 3.05) is 26.8 Å². The molecule has 0 aliphatic carbocycles. The minimum atomic E-state index is -0.541. The van der Waals surface area contributed by atoms with Gasteiger partial charge in [0.05, 0.1) is 0 Å². The van der Waals surface area contributed by atoms with Gasteiger partial charge in [-0.1, -0.05) is 0 Å². The number of likely N-dealkylation sites (tertiary alicyclic amines) is 1. The number of amides is 2. The van der Waals surface area contributed by atoms with Crippen LogP contribution in [0.5, 0.6) is 0 Å². The summed E-state index contributed by atoms with van der Waals surface area (Å²) in [4.78, 5) is 32.9. The van der Waals surface area contributed by atoms with E-state index < -0.39 is 5.91 Å². The van der Waals surface area contributed by atoms with E-state index in [0.29, 0.717) is 5.92 Å². The number of carbonyl (C=O) groups excluding carboxylic acids is 2. The molecule has 0 spiro atoms. The van der Waals surface area contributed by atoms with E-state index in [1.165, 1.54) is 13.4 Å². The van der Waals surface area contributed by atoms with Gasteiger partial charge in [0, 0.05) is 25.9 Å². The van der Waals surface area contributed by atoms with Gasteiger partial charge < -0.3 is 15.4 Å². The molecule has 2 amide bonds. The summed E-state index contributed by atoms with van der Waals surface area (Å²) in [5.41, 5.74) is 6.31. The zero-order valence-corrected chi connectivity index (χ0v) is 12.8. The molecule has 7 heteroatoms. The number of carbonyl (C=O) groups is 2. The lowest BCUT2D eigenvalue weighted by molar-refractivity contribution is -0.135. The fourth-order valence-corrected chi connectivity index (χ4v) is 2.77. The van der Waals surface area contributed by atoms with E-state index in [0.717, 1.165) is 44.5 Å². The van der Waals surface area contributed by atoms with Crippen molar-refractivity contribution < 1.29 is 14.3 Å². The van der Waals surface area contributed by atoms with Crippen LogP contribution in [0.15, 0.2) is 12.4 Å². The molecule has 1 aliphatic heterocycles. The summed E-state index contributed by atoms with van der Waals surface area (Å²) < 4.78 is 4.90. The smallest absolute Gasteiger partial charge is 0.267 e. The Kier molecular flexibility index (Phi) is 5.83. The molecule has 0 aromatic carbocycles. The molecule has 1 aromatic rings. The predicted molar refractivity (Wildman–Crippen MR) is 80.1 cm³/mol. The Morgan fingerprint density at radius 3 is 2.91 bits per heavy atom. The van der Waals surface area contributed by atoms with Gasteiger partial charge >= 0.3 is 0 Å². The summed E-state index contributed by atoms with van der Waals surface area (Å²) in [6.07, 6.45) is 5.07. The minimum Gasteiger partial charge on any atom is -0.375 e. The Morgan fingerprint density at radius 1 is 1.36 bits per heavy atom. The number of hydrogen-bond donors (Lipinski definition) is 1. The summed E-state index contributed by atoms with van der Waals surface area (Å²) in [6, 6.07) is 1.65. The van der Waals surface area contributed by atoms with Gasteiger partial charge in [-0.15, -0.1) is 0 Å². The van der Waals surface area contributed by atoms with Crippen LogP contribution < -0.4 is 5.73 Å². The molecule has 1 aliphatic rings. The second-order valence-corrected chi connectivity index (χ2v) is 5.57. The highest BCUT2D eigenvalue weighted by atomic mass is 16.5. The summed E-state index contributed by atoms with van der Waals surface area (Å²) in [5, 5.41) is 0. The van der Waals surface area contributed by atoms with Crippen molar-refractivity contribution in [3.8, 4) is 0 Å². The van der Waals surface area contributed by atoms with E-state index in [-0.39, 0.29) is 18.2 Å². The summed E-state index contributed by atoms with van der Waals surface area (Å²) >= 11 is 0. The van der Waals surface area contributed by atoms with Crippen LogP contribution in [0.3, 0.4) is 0 Å². The van der Waals surface area contributed by atoms with Crippen molar-refractivity contribution >= 4 is 11.8 Å². The van der Waals surface area contributed by atoms with E-state index in [1.807, 2.05) is 4.90 Å². The molecular weight excluding hydrogens is 284 g/mol. The van der Waals surface area contributed by atoms with E-state index in [1.54, 1.807) is 6.07 Å². The average Bonchev–Trinajstić information content (AvgIpc) is 2.73. The number of nitrogens with zero attached hydrogens (tertiary/aromatic N) is 3. The molecule has 1 fully saturated rings. The lowest BCUT2D eigenvalue weighted by atomic mass is 9.95. The summed E-state index contributed by atoms with van der Waals surface area (Å²) in [5.74, 6) is -0.0574. The van der Waals surface area contributed by atoms with Gasteiger partial charge in [0.15, 0.2) is 0 Å². The van der Waals surface area contributed by atoms with Gasteiger partial charge in [0.25, 0.3) is 5.91 Å². The quantitative estimate of drug-likeness (QED) is 0.848. The molecule has 120 valence electrons. The van der Waals surface area contributed by atoms with E-state index in [2.05, 4.69) is 9.97 Å². The van der Waals surface area contributed by atoms with Gasteiger partial charge in [-0.3, -0.25) is 9.59 Å². The Hall–Kier alpha value is -2.02. The first kappa shape index (κ1) is 16.4. The minimum absolute atomic E-state index is 0.0428. The largest absolute Gasteiger partial charge is 0.375 e. The van der Waals surface area contributed by atoms with Gasteiger partial charge in [-0.2, -0.15) is 0 Å². The first-order chi connectivity index (χ1) is 10.6. The second-order valence-electron chi connectivity index (χ2n) is 5.57. The number of rotatable bonds is 5. The maximum absolute atomic E-state index is 11.9. The van der Waals surface area contributed by atoms with Crippen molar-refractivity contribution in [3.63, 3.8) is 0 Å². The van der Waals surface area contributed by atoms with Crippen molar-refractivity contribution in [3.05, 3.63) is 23.8 Å².